The minimum atomic E-state index is 0.0888. The van der Waals surface area contributed by atoms with E-state index in [2.05, 4.69) is 31.0 Å². The smallest absolute Gasteiger partial charge is 0.0777 e. The SMILES string of the molecule is CCNC(C)CCCN1CCCC(C)(OC)C1. The standard InChI is InChI=1S/C14H30N2O/c1-5-15-13(2)8-6-10-16-11-7-9-14(3,12-16)17-4/h13,15H,5-12H2,1-4H3. The van der Waals surface area contributed by atoms with Gasteiger partial charge in [-0.15, -0.1) is 0 Å². The largest absolute Gasteiger partial charge is 0.377 e. The molecule has 1 aliphatic rings. The van der Waals surface area contributed by atoms with Crippen molar-refractivity contribution in [3.63, 3.8) is 0 Å². The Morgan fingerprint density at radius 2 is 2.24 bits per heavy atom. The summed E-state index contributed by atoms with van der Waals surface area (Å²) in [6, 6.07) is 0.651. The Bertz CT molecular complexity index is 210. The molecule has 0 radical (unpaired) electrons. The number of piperidine rings is 1. The van der Waals surface area contributed by atoms with Gasteiger partial charge in [0, 0.05) is 19.7 Å². The van der Waals surface area contributed by atoms with Gasteiger partial charge in [-0.05, 0) is 59.2 Å². The first-order valence-electron chi connectivity index (χ1n) is 7.10. The summed E-state index contributed by atoms with van der Waals surface area (Å²) in [7, 11) is 1.84. The van der Waals surface area contributed by atoms with E-state index in [0.717, 1.165) is 13.1 Å². The van der Waals surface area contributed by atoms with Gasteiger partial charge in [0.2, 0.25) is 0 Å². The molecule has 17 heavy (non-hydrogen) atoms. The van der Waals surface area contributed by atoms with E-state index in [0.29, 0.717) is 6.04 Å². The summed E-state index contributed by atoms with van der Waals surface area (Å²) >= 11 is 0. The number of hydrogen-bond acceptors (Lipinski definition) is 3. The van der Waals surface area contributed by atoms with E-state index < -0.39 is 0 Å². The van der Waals surface area contributed by atoms with Crippen molar-refractivity contribution in [3.8, 4) is 0 Å². The van der Waals surface area contributed by atoms with Gasteiger partial charge in [-0.2, -0.15) is 0 Å². The van der Waals surface area contributed by atoms with Crippen molar-refractivity contribution in [2.45, 2.75) is 58.1 Å². The molecule has 1 aliphatic heterocycles. The van der Waals surface area contributed by atoms with Gasteiger partial charge in [0.15, 0.2) is 0 Å². The van der Waals surface area contributed by atoms with Crippen LogP contribution in [0.2, 0.25) is 0 Å². The van der Waals surface area contributed by atoms with Gasteiger partial charge < -0.3 is 15.0 Å². The van der Waals surface area contributed by atoms with Crippen LogP contribution in [0.1, 0.15) is 46.5 Å². The molecular weight excluding hydrogens is 212 g/mol. The van der Waals surface area contributed by atoms with E-state index >= 15 is 0 Å². The van der Waals surface area contributed by atoms with Crippen molar-refractivity contribution in [2.24, 2.45) is 0 Å². The first kappa shape index (κ1) is 14.9. The fourth-order valence-corrected chi connectivity index (χ4v) is 2.74. The predicted molar refractivity (Wildman–Crippen MR) is 73.5 cm³/mol. The molecule has 1 fully saturated rings. The average molecular weight is 242 g/mol. The molecule has 0 aromatic carbocycles. The highest BCUT2D eigenvalue weighted by Gasteiger charge is 2.30. The second-order valence-electron chi connectivity index (χ2n) is 5.63. The Labute approximate surface area is 107 Å². The maximum Gasteiger partial charge on any atom is 0.0777 e. The Morgan fingerprint density at radius 3 is 2.88 bits per heavy atom. The van der Waals surface area contributed by atoms with Gasteiger partial charge in [0.25, 0.3) is 0 Å². The molecular formula is C14H30N2O. The first-order chi connectivity index (χ1) is 8.09. The lowest BCUT2D eigenvalue weighted by atomic mass is 9.94. The maximum atomic E-state index is 5.62. The third-order valence-electron chi connectivity index (χ3n) is 3.89. The van der Waals surface area contributed by atoms with Crippen LogP contribution in [0.15, 0.2) is 0 Å². The molecule has 102 valence electrons. The summed E-state index contributed by atoms with van der Waals surface area (Å²) in [6.07, 6.45) is 5.03. The Kier molecular flexibility index (Phi) is 6.45. The number of likely N-dealkylation sites (tertiary alicyclic amines) is 1. The van der Waals surface area contributed by atoms with Gasteiger partial charge in [-0.1, -0.05) is 6.92 Å². The summed E-state index contributed by atoms with van der Waals surface area (Å²) < 4.78 is 5.62. The summed E-state index contributed by atoms with van der Waals surface area (Å²) in [4.78, 5) is 2.56. The minimum absolute atomic E-state index is 0.0888. The fraction of sp³-hybridized carbons (Fsp3) is 1.00. The van der Waals surface area contributed by atoms with Crippen LogP contribution in [0.4, 0.5) is 0 Å². The fourth-order valence-electron chi connectivity index (χ4n) is 2.74. The van der Waals surface area contributed by atoms with Crippen LogP contribution in [0.25, 0.3) is 0 Å². The van der Waals surface area contributed by atoms with E-state index in [-0.39, 0.29) is 5.60 Å². The third kappa shape index (κ3) is 5.36. The molecule has 1 rings (SSSR count). The van der Waals surface area contributed by atoms with Crippen LogP contribution in [-0.2, 0) is 4.74 Å². The second-order valence-corrected chi connectivity index (χ2v) is 5.63. The summed E-state index contributed by atoms with van der Waals surface area (Å²) in [5.74, 6) is 0. The Hall–Kier alpha value is -0.120. The molecule has 1 saturated heterocycles. The zero-order chi connectivity index (χ0) is 12.7. The van der Waals surface area contributed by atoms with Crippen LogP contribution in [0, 0.1) is 0 Å². The van der Waals surface area contributed by atoms with Crippen molar-refractivity contribution in [3.05, 3.63) is 0 Å². The van der Waals surface area contributed by atoms with Crippen LogP contribution >= 0.6 is 0 Å². The van der Waals surface area contributed by atoms with Crippen molar-refractivity contribution in [1.82, 2.24) is 10.2 Å². The van der Waals surface area contributed by atoms with E-state index in [4.69, 9.17) is 4.74 Å². The summed E-state index contributed by atoms with van der Waals surface area (Å²) in [5, 5.41) is 3.47. The van der Waals surface area contributed by atoms with Gasteiger partial charge in [-0.25, -0.2) is 0 Å². The van der Waals surface area contributed by atoms with E-state index in [9.17, 15) is 0 Å². The first-order valence-corrected chi connectivity index (χ1v) is 7.10. The molecule has 0 aromatic rings. The number of rotatable bonds is 7. The monoisotopic (exact) mass is 242 g/mol. The van der Waals surface area contributed by atoms with Gasteiger partial charge in [-0.3, -0.25) is 0 Å². The highest BCUT2D eigenvalue weighted by Crippen LogP contribution is 2.23. The van der Waals surface area contributed by atoms with Crippen molar-refractivity contribution < 1.29 is 4.74 Å². The Morgan fingerprint density at radius 1 is 1.47 bits per heavy atom. The quantitative estimate of drug-likeness (QED) is 0.741. The van der Waals surface area contributed by atoms with Crippen molar-refractivity contribution in [1.29, 1.82) is 0 Å². The normalized spacial score (nSPS) is 28.2. The number of nitrogens with zero attached hydrogens (tertiary/aromatic N) is 1. The van der Waals surface area contributed by atoms with E-state index in [1.54, 1.807) is 0 Å². The predicted octanol–water partition coefficient (Wildman–Crippen LogP) is 2.27. The Balaban J connectivity index is 2.19. The molecule has 1 N–H and O–H groups in total. The number of ether oxygens (including phenoxy) is 1. The molecule has 0 saturated carbocycles. The van der Waals surface area contributed by atoms with Gasteiger partial charge in [0.05, 0.1) is 5.60 Å². The highest BCUT2D eigenvalue weighted by molar-refractivity contribution is 4.84. The maximum absolute atomic E-state index is 5.62. The molecule has 0 spiro atoms. The topological polar surface area (TPSA) is 24.5 Å². The van der Waals surface area contributed by atoms with Crippen LogP contribution in [-0.4, -0.2) is 49.8 Å². The van der Waals surface area contributed by atoms with Crippen LogP contribution < -0.4 is 5.32 Å². The lowest BCUT2D eigenvalue weighted by Crippen LogP contribution is -2.47. The molecule has 3 heteroatoms. The minimum Gasteiger partial charge on any atom is -0.377 e. The second kappa shape index (κ2) is 7.34. The molecule has 3 nitrogen and oxygen atoms in total. The number of nitrogens with one attached hydrogen (secondary N) is 1. The molecule has 0 aromatic heterocycles. The molecule has 0 bridgehead atoms. The van der Waals surface area contributed by atoms with Crippen LogP contribution in [0.5, 0.6) is 0 Å². The zero-order valence-electron chi connectivity index (χ0n) is 12.1. The van der Waals surface area contributed by atoms with Crippen LogP contribution in [0.3, 0.4) is 0 Å². The molecule has 1 heterocycles. The molecule has 2 atom stereocenters. The highest BCUT2D eigenvalue weighted by atomic mass is 16.5. The van der Waals surface area contributed by atoms with E-state index in [1.165, 1.54) is 38.8 Å². The van der Waals surface area contributed by atoms with Crippen molar-refractivity contribution in [2.75, 3.05) is 33.3 Å². The molecule has 0 aliphatic carbocycles. The third-order valence-corrected chi connectivity index (χ3v) is 3.89. The van der Waals surface area contributed by atoms with Gasteiger partial charge >= 0.3 is 0 Å². The molecule has 0 amide bonds. The van der Waals surface area contributed by atoms with Gasteiger partial charge in [0.1, 0.15) is 0 Å². The zero-order valence-corrected chi connectivity index (χ0v) is 12.1. The lowest BCUT2D eigenvalue weighted by Gasteiger charge is -2.39. The number of methoxy groups -OCH3 is 1. The van der Waals surface area contributed by atoms with Crippen molar-refractivity contribution >= 4 is 0 Å². The summed E-state index contributed by atoms with van der Waals surface area (Å²) in [6.45, 7) is 11.3. The molecule has 2 unspecified atom stereocenters. The average Bonchev–Trinajstić information content (AvgIpc) is 2.30. The van der Waals surface area contributed by atoms with E-state index in [1.807, 2.05) is 7.11 Å². The summed E-state index contributed by atoms with van der Waals surface area (Å²) in [5.41, 5.74) is 0.0888. The number of hydrogen-bond donors (Lipinski definition) is 1. The lowest BCUT2D eigenvalue weighted by molar-refractivity contribution is -0.0509.